The van der Waals surface area contributed by atoms with Gasteiger partial charge in [0.25, 0.3) is 0 Å². The third-order valence-corrected chi connectivity index (χ3v) is 3.05. The maximum absolute atomic E-state index is 12.0. The van der Waals surface area contributed by atoms with E-state index in [4.69, 9.17) is 4.74 Å². The van der Waals surface area contributed by atoms with E-state index in [1.54, 1.807) is 0 Å². The van der Waals surface area contributed by atoms with E-state index >= 15 is 0 Å². The van der Waals surface area contributed by atoms with Crippen LogP contribution in [0, 0.1) is 5.41 Å². The Labute approximate surface area is 125 Å². The summed E-state index contributed by atoms with van der Waals surface area (Å²) in [5.74, 6) is -1.02. The number of amides is 1. The molecule has 0 bridgehead atoms. The van der Waals surface area contributed by atoms with Gasteiger partial charge in [-0.3, -0.25) is 4.90 Å². The second kappa shape index (κ2) is 7.11. The molecule has 1 rings (SSSR count). The van der Waals surface area contributed by atoms with E-state index in [1.165, 1.54) is 7.05 Å². The lowest BCUT2D eigenvalue weighted by atomic mass is 9.87. The molecular weight excluding hydrogens is 270 g/mol. The highest BCUT2D eigenvalue weighted by Crippen LogP contribution is 2.23. The number of rotatable bonds is 5. The minimum absolute atomic E-state index is 0.131. The molecule has 1 N–H and O–H groups in total. The summed E-state index contributed by atoms with van der Waals surface area (Å²) in [6, 6.07) is 8.38. The van der Waals surface area contributed by atoms with Gasteiger partial charge in [-0.25, -0.2) is 9.59 Å². The van der Waals surface area contributed by atoms with Crippen LogP contribution in [0.1, 0.15) is 32.8 Å². The standard InChI is InChI=1S/C16H23NO4/c1-16(2,3)10-13(14(18)19)17(4)15(20)21-11-12-8-6-5-7-9-12/h5-9,13H,10-11H2,1-4H3,(H,18,19)/t13-/m0/s1. The Morgan fingerprint density at radius 1 is 1.24 bits per heavy atom. The number of carboxylic acid groups (broad SMARTS) is 1. The van der Waals surface area contributed by atoms with Gasteiger partial charge in [-0.2, -0.15) is 0 Å². The third kappa shape index (κ3) is 5.85. The summed E-state index contributed by atoms with van der Waals surface area (Å²) in [5.41, 5.74) is 0.666. The van der Waals surface area contributed by atoms with Crippen LogP contribution in [0.3, 0.4) is 0 Å². The van der Waals surface area contributed by atoms with Gasteiger partial charge in [0.1, 0.15) is 12.6 Å². The third-order valence-electron chi connectivity index (χ3n) is 3.05. The first-order valence-electron chi connectivity index (χ1n) is 6.87. The number of aliphatic carboxylic acids is 1. The summed E-state index contributed by atoms with van der Waals surface area (Å²) < 4.78 is 5.16. The summed E-state index contributed by atoms with van der Waals surface area (Å²) >= 11 is 0. The largest absolute Gasteiger partial charge is 0.480 e. The van der Waals surface area contributed by atoms with Crippen LogP contribution in [0.15, 0.2) is 30.3 Å². The molecule has 0 aromatic heterocycles. The van der Waals surface area contributed by atoms with Crippen molar-refractivity contribution in [1.29, 1.82) is 0 Å². The molecule has 1 atom stereocenters. The number of hydrogen-bond acceptors (Lipinski definition) is 3. The topological polar surface area (TPSA) is 66.8 Å². The fourth-order valence-electron chi connectivity index (χ4n) is 1.92. The first-order chi connectivity index (χ1) is 9.70. The van der Waals surface area contributed by atoms with E-state index in [-0.39, 0.29) is 12.0 Å². The van der Waals surface area contributed by atoms with Crippen LogP contribution in [0.5, 0.6) is 0 Å². The van der Waals surface area contributed by atoms with Crippen molar-refractivity contribution in [2.24, 2.45) is 5.41 Å². The quantitative estimate of drug-likeness (QED) is 0.905. The van der Waals surface area contributed by atoms with Gasteiger partial charge in [0.2, 0.25) is 0 Å². The van der Waals surface area contributed by atoms with Crippen molar-refractivity contribution in [3.05, 3.63) is 35.9 Å². The Morgan fingerprint density at radius 3 is 2.29 bits per heavy atom. The highest BCUT2D eigenvalue weighted by atomic mass is 16.6. The number of likely N-dealkylation sites (N-methyl/N-ethyl adjacent to an activating group) is 1. The maximum atomic E-state index is 12.0. The molecule has 116 valence electrons. The van der Waals surface area contributed by atoms with Crippen LogP contribution in [-0.4, -0.2) is 35.2 Å². The van der Waals surface area contributed by atoms with Crippen LogP contribution in [0.2, 0.25) is 0 Å². The molecule has 1 amide bonds. The molecule has 0 spiro atoms. The van der Waals surface area contributed by atoms with Gasteiger partial charge in [-0.05, 0) is 17.4 Å². The first-order valence-corrected chi connectivity index (χ1v) is 6.87. The zero-order valence-corrected chi connectivity index (χ0v) is 13.0. The second-order valence-electron chi connectivity index (χ2n) is 6.27. The lowest BCUT2D eigenvalue weighted by molar-refractivity contribution is -0.143. The molecule has 0 unspecified atom stereocenters. The number of carboxylic acids is 1. The van der Waals surface area contributed by atoms with Gasteiger partial charge in [-0.1, -0.05) is 51.1 Å². The van der Waals surface area contributed by atoms with E-state index in [0.29, 0.717) is 6.42 Å². The van der Waals surface area contributed by atoms with Crippen LogP contribution >= 0.6 is 0 Å². The van der Waals surface area contributed by atoms with Crippen molar-refractivity contribution in [2.45, 2.75) is 39.8 Å². The molecule has 1 aromatic rings. The van der Waals surface area contributed by atoms with E-state index in [2.05, 4.69) is 0 Å². The van der Waals surface area contributed by atoms with Crippen molar-refractivity contribution in [3.63, 3.8) is 0 Å². The van der Waals surface area contributed by atoms with Crippen LogP contribution < -0.4 is 0 Å². The van der Waals surface area contributed by atoms with Crippen LogP contribution in [0.4, 0.5) is 4.79 Å². The molecule has 1 aromatic carbocycles. The predicted molar refractivity (Wildman–Crippen MR) is 79.9 cm³/mol. The van der Waals surface area contributed by atoms with Crippen molar-refractivity contribution in [1.82, 2.24) is 4.90 Å². The minimum Gasteiger partial charge on any atom is -0.480 e. The molecule has 0 aliphatic heterocycles. The summed E-state index contributed by atoms with van der Waals surface area (Å²) in [6.07, 6.45) is -0.269. The Kier molecular flexibility index (Phi) is 5.76. The average molecular weight is 293 g/mol. The number of benzene rings is 1. The first kappa shape index (κ1) is 17.0. The normalized spacial score (nSPS) is 12.6. The monoisotopic (exact) mass is 293 g/mol. The summed E-state index contributed by atoms with van der Waals surface area (Å²) in [6.45, 7) is 5.94. The number of carbonyl (C=O) groups is 2. The molecule has 5 nitrogen and oxygen atoms in total. The van der Waals surface area contributed by atoms with Gasteiger partial charge in [0.15, 0.2) is 0 Å². The van der Waals surface area contributed by atoms with Gasteiger partial charge in [0.05, 0.1) is 0 Å². The minimum atomic E-state index is -1.02. The Balaban J connectivity index is 2.64. The van der Waals surface area contributed by atoms with Crippen LogP contribution in [0.25, 0.3) is 0 Å². The highest BCUT2D eigenvalue weighted by molar-refractivity contribution is 5.79. The van der Waals surface area contributed by atoms with E-state index in [1.807, 2.05) is 51.1 Å². The zero-order valence-electron chi connectivity index (χ0n) is 13.0. The molecule has 0 aliphatic rings. The fourth-order valence-corrected chi connectivity index (χ4v) is 1.92. The van der Waals surface area contributed by atoms with E-state index in [9.17, 15) is 14.7 Å². The Morgan fingerprint density at radius 2 is 1.81 bits per heavy atom. The molecule has 5 heteroatoms. The number of nitrogens with zero attached hydrogens (tertiary/aromatic N) is 1. The molecule has 0 fully saturated rings. The van der Waals surface area contributed by atoms with E-state index < -0.39 is 18.1 Å². The fraction of sp³-hybridized carbons (Fsp3) is 0.500. The van der Waals surface area contributed by atoms with Crippen molar-refractivity contribution < 1.29 is 19.4 Å². The van der Waals surface area contributed by atoms with Crippen molar-refractivity contribution >= 4 is 12.1 Å². The Hall–Kier alpha value is -2.04. The lowest BCUT2D eigenvalue weighted by Crippen LogP contribution is -2.44. The number of carbonyl (C=O) groups excluding carboxylic acids is 1. The smallest absolute Gasteiger partial charge is 0.410 e. The second-order valence-corrected chi connectivity index (χ2v) is 6.27. The van der Waals surface area contributed by atoms with Crippen molar-refractivity contribution in [3.8, 4) is 0 Å². The Bertz CT molecular complexity index is 479. The zero-order chi connectivity index (χ0) is 16.0. The highest BCUT2D eigenvalue weighted by Gasteiger charge is 2.31. The molecule has 0 saturated carbocycles. The van der Waals surface area contributed by atoms with Crippen LogP contribution in [-0.2, 0) is 16.1 Å². The summed E-state index contributed by atoms with van der Waals surface area (Å²) in [4.78, 5) is 24.5. The van der Waals surface area contributed by atoms with Gasteiger partial charge < -0.3 is 9.84 Å². The number of ether oxygens (including phenoxy) is 1. The molecule has 21 heavy (non-hydrogen) atoms. The average Bonchev–Trinajstić information content (AvgIpc) is 2.41. The van der Waals surface area contributed by atoms with E-state index in [0.717, 1.165) is 10.5 Å². The summed E-state index contributed by atoms with van der Waals surface area (Å²) in [5, 5.41) is 9.29. The van der Waals surface area contributed by atoms with Gasteiger partial charge in [0, 0.05) is 7.05 Å². The lowest BCUT2D eigenvalue weighted by Gasteiger charge is -2.29. The van der Waals surface area contributed by atoms with Gasteiger partial charge >= 0.3 is 12.1 Å². The molecule has 0 heterocycles. The predicted octanol–water partition coefficient (Wildman–Crippen LogP) is 3.14. The SMILES string of the molecule is CN(C(=O)OCc1ccccc1)[C@@H](CC(C)(C)C)C(=O)O. The molecule has 0 radical (unpaired) electrons. The van der Waals surface area contributed by atoms with Crippen molar-refractivity contribution in [2.75, 3.05) is 7.05 Å². The molecule has 0 aliphatic carbocycles. The molecular formula is C16H23NO4. The summed E-state index contributed by atoms with van der Waals surface area (Å²) in [7, 11) is 1.46. The molecule has 0 saturated heterocycles. The maximum Gasteiger partial charge on any atom is 0.410 e. The van der Waals surface area contributed by atoms with Gasteiger partial charge in [-0.15, -0.1) is 0 Å². The number of hydrogen-bond donors (Lipinski definition) is 1.